The monoisotopic (exact) mass is 232 g/mol. The van der Waals surface area contributed by atoms with E-state index in [9.17, 15) is 0 Å². The first-order chi connectivity index (χ1) is 7.70. The molecule has 3 nitrogen and oxygen atoms in total. The summed E-state index contributed by atoms with van der Waals surface area (Å²) in [4.78, 5) is 0.788. The van der Waals surface area contributed by atoms with Crippen molar-refractivity contribution in [3.8, 4) is 5.75 Å². The highest BCUT2D eigenvalue weighted by Gasteiger charge is 2.05. The molecule has 4 heteroatoms. The molecule has 0 saturated heterocycles. The molecular weight excluding hydrogens is 220 g/mol. The van der Waals surface area contributed by atoms with Crippen molar-refractivity contribution < 1.29 is 4.74 Å². The Bertz CT molecular complexity index is 545. The molecule has 1 aromatic carbocycles. The first-order valence-corrected chi connectivity index (χ1v) is 5.64. The summed E-state index contributed by atoms with van der Waals surface area (Å²) in [7, 11) is 0. The van der Waals surface area contributed by atoms with E-state index in [0.717, 1.165) is 20.7 Å². The molecule has 2 aromatic rings. The summed E-state index contributed by atoms with van der Waals surface area (Å²) in [6.45, 7) is 4.09. The second kappa shape index (κ2) is 4.37. The van der Waals surface area contributed by atoms with E-state index >= 15 is 0 Å². The van der Waals surface area contributed by atoms with E-state index in [2.05, 4.69) is 6.58 Å². The van der Waals surface area contributed by atoms with Crippen molar-refractivity contribution >= 4 is 27.3 Å². The third-order valence-electron chi connectivity index (χ3n) is 2.12. The van der Waals surface area contributed by atoms with Crippen LogP contribution in [0.5, 0.6) is 5.75 Å². The van der Waals surface area contributed by atoms with Crippen molar-refractivity contribution in [3.63, 3.8) is 0 Å². The lowest BCUT2D eigenvalue weighted by Gasteiger charge is -2.01. The Labute approximate surface area is 97.7 Å². The highest BCUT2D eigenvalue weighted by molar-refractivity contribution is 7.20. The molecular formula is C12H12N2OS. The number of nitrogens with one attached hydrogen (secondary N) is 1. The summed E-state index contributed by atoms with van der Waals surface area (Å²) in [5.41, 5.74) is 5.45. The Morgan fingerprint density at radius 3 is 3.00 bits per heavy atom. The average molecular weight is 232 g/mol. The summed E-state index contributed by atoms with van der Waals surface area (Å²) in [6, 6.07) is 7.74. The standard InChI is InChI=1S/C12H12N2OS/c1-2-5-15-9-4-3-8-6-11(12(13)14)16-10(8)7-9/h2-4,6-7H,1,5H2,(H3,13,14). The lowest BCUT2D eigenvalue weighted by molar-refractivity contribution is 0.364. The van der Waals surface area contributed by atoms with Crippen LogP contribution < -0.4 is 10.5 Å². The third-order valence-corrected chi connectivity index (χ3v) is 3.26. The first kappa shape index (κ1) is 10.7. The number of rotatable bonds is 4. The topological polar surface area (TPSA) is 59.1 Å². The Hall–Kier alpha value is -1.81. The molecule has 0 fully saturated rings. The summed E-state index contributed by atoms with van der Waals surface area (Å²) in [5, 5.41) is 8.46. The van der Waals surface area contributed by atoms with Crippen LogP contribution in [0.4, 0.5) is 0 Å². The Balaban J connectivity index is 2.37. The van der Waals surface area contributed by atoms with Gasteiger partial charge in [0.05, 0.1) is 4.88 Å². The number of hydrogen-bond acceptors (Lipinski definition) is 3. The van der Waals surface area contributed by atoms with E-state index in [1.54, 1.807) is 6.08 Å². The second-order valence-electron chi connectivity index (χ2n) is 3.32. The third kappa shape index (κ3) is 2.06. The van der Waals surface area contributed by atoms with Gasteiger partial charge in [0, 0.05) is 4.70 Å². The molecule has 1 aromatic heterocycles. The number of thiophene rings is 1. The van der Waals surface area contributed by atoms with Crippen molar-refractivity contribution in [2.45, 2.75) is 0 Å². The number of ether oxygens (including phenoxy) is 1. The summed E-state index contributed by atoms with van der Waals surface area (Å²) in [5.74, 6) is 0.916. The number of fused-ring (bicyclic) bond motifs is 1. The molecule has 0 radical (unpaired) electrons. The lowest BCUT2D eigenvalue weighted by Crippen LogP contribution is -2.08. The zero-order chi connectivity index (χ0) is 11.5. The SMILES string of the molecule is C=CCOc1ccc2cc(C(=N)N)sc2c1. The smallest absolute Gasteiger partial charge is 0.133 e. The number of nitrogen functional groups attached to an aromatic ring is 1. The van der Waals surface area contributed by atoms with E-state index in [4.69, 9.17) is 15.9 Å². The fourth-order valence-electron chi connectivity index (χ4n) is 1.39. The zero-order valence-corrected chi connectivity index (χ0v) is 9.51. The molecule has 2 rings (SSSR count). The van der Waals surface area contributed by atoms with Gasteiger partial charge in [-0.05, 0) is 29.7 Å². The average Bonchev–Trinajstić information content (AvgIpc) is 2.69. The van der Waals surface area contributed by atoms with Crippen molar-refractivity contribution in [2.75, 3.05) is 6.61 Å². The highest BCUT2D eigenvalue weighted by Crippen LogP contribution is 2.28. The zero-order valence-electron chi connectivity index (χ0n) is 8.69. The quantitative estimate of drug-likeness (QED) is 0.484. The van der Waals surface area contributed by atoms with Crippen LogP contribution in [-0.4, -0.2) is 12.4 Å². The van der Waals surface area contributed by atoms with Crippen LogP contribution in [0.3, 0.4) is 0 Å². The van der Waals surface area contributed by atoms with Crippen molar-refractivity contribution in [2.24, 2.45) is 5.73 Å². The Morgan fingerprint density at radius 2 is 2.31 bits per heavy atom. The summed E-state index contributed by atoms with van der Waals surface area (Å²) >= 11 is 1.50. The number of amidine groups is 1. The van der Waals surface area contributed by atoms with Crippen LogP contribution in [0.1, 0.15) is 4.88 Å². The summed E-state index contributed by atoms with van der Waals surface area (Å²) < 4.78 is 6.51. The number of hydrogen-bond donors (Lipinski definition) is 2. The molecule has 1 heterocycles. The molecule has 82 valence electrons. The number of nitrogens with two attached hydrogens (primary N) is 1. The van der Waals surface area contributed by atoms with Crippen LogP contribution >= 0.6 is 11.3 Å². The maximum absolute atomic E-state index is 7.38. The fourth-order valence-corrected chi connectivity index (χ4v) is 2.34. The minimum Gasteiger partial charge on any atom is -0.490 e. The van der Waals surface area contributed by atoms with E-state index in [0.29, 0.717) is 6.61 Å². The molecule has 0 spiro atoms. The predicted octanol–water partition coefficient (Wildman–Crippen LogP) is 2.75. The minimum atomic E-state index is 0.106. The molecule has 0 aliphatic rings. The van der Waals surface area contributed by atoms with Gasteiger partial charge in [0.25, 0.3) is 0 Å². The van der Waals surface area contributed by atoms with Crippen molar-refractivity contribution in [3.05, 3.63) is 41.8 Å². The molecule has 0 bridgehead atoms. The van der Waals surface area contributed by atoms with Crippen LogP contribution in [0.25, 0.3) is 10.1 Å². The molecule has 0 saturated carbocycles. The second-order valence-corrected chi connectivity index (χ2v) is 4.41. The van der Waals surface area contributed by atoms with Crippen LogP contribution in [0.2, 0.25) is 0 Å². The van der Waals surface area contributed by atoms with Crippen LogP contribution in [-0.2, 0) is 0 Å². The van der Waals surface area contributed by atoms with E-state index in [1.807, 2.05) is 24.3 Å². The highest BCUT2D eigenvalue weighted by atomic mass is 32.1. The maximum Gasteiger partial charge on any atom is 0.133 e. The van der Waals surface area contributed by atoms with E-state index in [-0.39, 0.29) is 5.84 Å². The Morgan fingerprint density at radius 1 is 1.50 bits per heavy atom. The van der Waals surface area contributed by atoms with E-state index in [1.165, 1.54) is 11.3 Å². The van der Waals surface area contributed by atoms with Crippen molar-refractivity contribution in [1.82, 2.24) is 0 Å². The molecule has 0 amide bonds. The van der Waals surface area contributed by atoms with Gasteiger partial charge >= 0.3 is 0 Å². The molecule has 0 aliphatic heterocycles. The van der Waals surface area contributed by atoms with Gasteiger partial charge in [-0.15, -0.1) is 11.3 Å². The molecule has 16 heavy (non-hydrogen) atoms. The first-order valence-electron chi connectivity index (χ1n) is 4.82. The van der Waals surface area contributed by atoms with Gasteiger partial charge in [-0.2, -0.15) is 0 Å². The van der Waals surface area contributed by atoms with Gasteiger partial charge in [-0.3, -0.25) is 5.41 Å². The van der Waals surface area contributed by atoms with Gasteiger partial charge in [0.2, 0.25) is 0 Å². The molecule has 0 unspecified atom stereocenters. The van der Waals surface area contributed by atoms with Gasteiger partial charge in [0.15, 0.2) is 0 Å². The van der Waals surface area contributed by atoms with Crippen LogP contribution in [0.15, 0.2) is 36.9 Å². The van der Waals surface area contributed by atoms with Gasteiger partial charge < -0.3 is 10.5 Å². The van der Waals surface area contributed by atoms with E-state index < -0.39 is 0 Å². The Kier molecular flexibility index (Phi) is 2.92. The fraction of sp³-hybridized carbons (Fsp3) is 0.0833. The minimum absolute atomic E-state index is 0.106. The molecule has 3 N–H and O–H groups in total. The number of benzene rings is 1. The van der Waals surface area contributed by atoms with Crippen LogP contribution in [0, 0.1) is 5.41 Å². The molecule has 0 atom stereocenters. The van der Waals surface area contributed by atoms with Gasteiger partial charge in [-0.1, -0.05) is 12.7 Å². The van der Waals surface area contributed by atoms with Gasteiger partial charge in [0.1, 0.15) is 18.2 Å². The van der Waals surface area contributed by atoms with Crippen molar-refractivity contribution in [1.29, 1.82) is 5.41 Å². The normalized spacial score (nSPS) is 10.2. The summed E-state index contributed by atoms with van der Waals surface area (Å²) in [6.07, 6.45) is 1.71. The van der Waals surface area contributed by atoms with Gasteiger partial charge in [-0.25, -0.2) is 0 Å². The largest absolute Gasteiger partial charge is 0.490 e. The molecule has 0 aliphatic carbocycles. The predicted molar refractivity (Wildman–Crippen MR) is 68.5 cm³/mol. The lowest BCUT2D eigenvalue weighted by atomic mass is 10.2. The maximum atomic E-state index is 7.38.